The molecule has 2 aliphatic rings. The van der Waals surface area contributed by atoms with Gasteiger partial charge in [-0.3, -0.25) is 14.2 Å². The number of aromatic nitrogens is 2. The van der Waals surface area contributed by atoms with E-state index >= 15 is 0 Å². The van der Waals surface area contributed by atoms with Gasteiger partial charge in [0, 0.05) is 44.7 Å². The molecule has 1 unspecified atom stereocenters. The van der Waals surface area contributed by atoms with Crippen molar-refractivity contribution in [3.63, 3.8) is 0 Å². The highest BCUT2D eigenvalue weighted by Gasteiger charge is 2.31. The molecule has 1 aromatic heterocycles. The number of amides is 2. The normalized spacial score (nSPS) is 21.3. The number of hydrogen-bond donors (Lipinski definition) is 1. The summed E-state index contributed by atoms with van der Waals surface area (Å²) in [4.78, 5) is 39.8. The predicted octanol–water partition coefficient (Wildman–Crippen LogP) is 0.703. The summed E-state index contributed by atoms with van der Waals surface area (Å²) in [6.07, 6.45) is 3.38. The van der Waals surface area contributed by atoms with Crippen molar-refractivity contribution in [3.05, 3.63) is 28.7 Å². The molecule has 1 N–H and O–H groups in total. The van der Waals surface area contributed by atoms with Crippen LogP contribution in [-0.2, 0) is 16.6 Å². The Morgan fingerprint density at radius 2 is 1.78 bits per heavy atom. The highest BCUT2D eigenvalue weighted by Crippen LogP contribution is 2.25. The molecule has 2 amide bonds. The molecule has 0 bridgehead atoms. The van der Waals surface area contributed by atoms with E-state index in [0.29, 0.717) is 18.0 Å². The number of fused-ring (bicyclic) bond motifs is 1. The smallest absolute Gasteiger partial charge is 0.348 e. The Hall–Kier alpha value is -2.61. The minimum atomic E-state index is -0.377. The second kappa shape index (κ2) is 6.84. The largest absolute Gasteiger partial charge is 0.370 e. The molecule has 2 saturated heterocycles. The van der Waals surface area contributed by atoms with Gasteiger partial charge in [0.1, 0.15) is 0 Å². The number of piperidine rings is 2. The van der Waals surface area contributed by atoms with Gasteiger partial charge in [-0.1, -0.05) is 0 Å². The van der Waals surface area contributed by atoms with Crippen LogP contribution in [0, 0.1) is 0 Å². The summed E-state index contributed by atoms with van der Waals surface area (Å²) in [5.41, 5.74) is 1.97. The molecule has 0 aliphatic carbocycles. The Morgan fingerprint density at radius 1 is 1.04 bits per heavy atom. The van der Waals surface area contributed by atoms with E-state index in [0.717, 1.165) is 42.1 Å². The number of carbonyl (C=O) groups excluding carboxylic acids is 2. The zero-order chi connectivity index (χ0) is 19.1. The second-order valence-corrected chi connectivity index (χ2v) is 7.35. The van der Waals surface area contributed by atoms with Gasteiger partial charge in [0.15, 0.2) is 0 Å². The van der Waals surface area contributed by atoms with Crippen molar-refractivity contribution < 1.29 is 9.59 Å². The van der Waals surface area contributed by atoms with Crippen LogP contribution in [0.5, 0.6) is 0 Å². The predicted molar refractivity (Wildman–Crippen MR) is 104 cm³/mol. The minimum absolute atomic E-state index is 0.284. The summed E-state index contributed by atoms with van der Waals surface area (Å²) in [7, 11) is 3.66. The zero-order valence-electron chi connectivity index (χ0n) is 15.8. The van der Waals surface area contributed by atoms with Crippen molar-refractivity contribution >= 4 is 28.5 Å². The fourth-order valence-electron chi connectivity index (χ4n) is 4.11. The molecule has 8 nitrogen and oxygen atoms in total. The number of rotatable bonds is 3. The van der Waals surface area contributed by atoms with Gasteiger partial charge >= 0.3 is 5.69 Å². The highest BCUT2D eigenvalue weighted by molar-refractivity contribution is 6.11. The molecule has 1 atom stereocenters. The first-order chi connectivity index (χ1) is 13.0. The fourth-order valence-corrected chi connectivity index (χ4v) is 4.11. The molecule has 2 aliphatic heterocycles. The molecule has 2 aromatic rings. The van der Waals surface area contributed by atoms with Gasteiger partial charge in [-0.05, 0) is 44.5 Å². The molecule has 27 heavy (non-hydrogen) atoms. The molecule has 144 valence electrons. The Bertz CT molecular complexity index is 944. The summed E-state index contributed by atoms with van der Waals surface area (Å²) in [6, 6.07) is 6.23. The summed E-state index contributed by atoms with van der Waals surface area (Å²) in [5.74, 6) is -0.643. The number of imidazole rings is 1. The molecule has 4 rings (SSSR count). The average molecular weight is 371 g/mol. The lowest BCUT2D eigenvalue weighted by Crippen LogP contribution is -2.52. The van der Waals surface area contributed by atoms with Crippen molar-refractivity contribution in [3.8, 4) is 0 Å². The molecule has 3 heterocycles. The molecule has 0 radical (unpaired) electrons. The molecular formula is C19H25N5O3. The van der Waals surface area contributed by atoms with Gasteiger partial charge in [0.2, 0.25) is 11.8 Å². The van der Waals surface area contributed by atoms with Gasteiger partial charge in [0.25, 0.3) is 0 Å². The number of imide groups is 1. The van der Waals surface area contributed by atoms with Crippen LogP contribution in [0.4, 0.5) is 5.69 Å². The number of nitrogens with one attached hydrogen (secondary N) is 1. The maximum Gasteiger partial charge on any atom is 0.348 e. The maximum atomic E-state index is 12.8. The van der Waals surface area contributed by atoms with E-state index in [1.54, 1.807) is 7.05 Å². The standard InChI is InChI=1S/C19H25N5O3/c1-20-13-5-4-10-22(12-13)14-8-9-15-16(11-14)21(2)19(27)23(15)24-17(25)6-3-7-18(24)26/h8-9,11,13,20H,3-7,10,12H2,1-2H3. The number of hydrogen-bond acceptors (Lipinski definition) is 5. The van der Waals surface area contributed by atoms with Crippen molar-refractivity contribution in [2.24, 2.45) is 7.05 Å². The number of carbonyl (C=O) groups is 2. The zero-order valence-corrected chi connectivity index (χ0v) is 15.8. The van der Waals surface area contributed by atoms with Crippen LogP contribution in [-0.4, -0.2) is 47.2 Å². The van der Waals surface area contributed by atoms with Crippen molar-refractivity contribution in [1.82, 2.24) is 14.6 Å². The third-order valence-corrected chi connectivity index (χ3v) is 5.67. The van der Waals surface area contributed by atoms with Crippen LogP contribution in [0.3, 0.4) is 0 Å². The van der Waals surface area contributed by atoms with E-state index < -0.39 is 0 Å². The van der Waals surface area contributed by atoms with Crippen molar-refractivity contribution in [2.75, 3.05) is 30.0 Å². The van der Waals surface area contributed by atoms with Crippen molar-refractivity contribution in [1.29, 1.82) is 0 Å². The second-order valence-electron chi connectivity index (χ2n) is 7.35. The first-order valence-corrected chi connectivity index (χ1v) is 9.51. The topological polar surface area (TPSA) is 79.6 Å². The monoisotopic (exact) mass is 371 g/mol. The van der Waals surface area contributed by atoms with Gasteiger partial charge in [-0.2, -0.15) is 9.69 Å². The lowest BCUT2D eigenvalue weighted by Gasteiger charge is -2.34. The first kappa shape index (κ1) is 17.8. The van der Waals surface area contributed by atoms with Gasteiger partial charge < -0.3 is 10.2 Å². The van der Waals surface area contributed by atoms with Crippen molar-refractivity contribution in [2.45, 2.75) is 38.1 Å². The van der Waals surface area contributed by atoms with Gasteiger partial charge in [0.05, 0.1) is 11.0 Å². The Kier molecular flexibility index (Phi) is 4.51. The van der Waals surface area contributed by atoms with Crippen LogP contribution in [0.15, 0.2) is 23.0 Å². The van der Waals surface area contributed by atoms with E-state index in [-0.39, 0.29) is 30.3 Å². The summed E-state index contributed by atoms with van der Waals surface area (Å²) in [5, 5.41) is 4.36. The lowest BCUT2D eigenvalue weighted by molar-refractivity contribution is -0.131. The summed E-state index contributed by atoms with van der Waals surface area (Å²) >= 11 is 0. The maximum absolute atomic E-state index is 12.8. The summed E-state index contributed by atoms with van der Waals surface area (Å²) < 4.78 is 2.74. The Balaban J connectivity index is 1.78. The number of anilines is 1. The van der Waals surface area contributed by atoms with E-state index in [4.69, 9.17) is 0 Å². The lowest BCUT2D eigenvalue weighted by atomic mass is 10.1. The molecule has 0 saturated carbocycles. The number of benzene rings is 1. The third kappa shape index (κ3) is 2.93. The molecule has 2 fully saturated rings. The average Bonchev–Trinajstić information content (AvgIpc) is 2.93. The van der Waals surface area contributed by atoms with Crippen LogP contribution in [0.1, 0.15) is 32.1 Å². The Morgan fingerprint density at radius 3 is 2.48 bits per heavy atom. The molecule has 8 heteroatoms. The van der Waals surface area contributed by atoms with E-state index in [1.165, 1.54) is 9.24 Å². The molecular weight excluding hydrogens is 346 g/mol. The molecule has 0 spiro atoms. The van der Waals surface area contributed by atoms with Crippen LogP contribution >= 0.6 is 0 Å². The first-order valence-electron chi connectivity index (χ1n) is 9.51. The molecule has 1 aromatic carbocycles. The van der Waals surface area contributed by atoms with Crippen LogP contribution in [0.2, 0.25) is 0 Å². The Labute approximate surface area is 157 Å². The van der Waals surface area contributed by atoms with E-state index in [1.807, 2.05) is 25.2 Å². The summed E-state index contributed by atoms with van der Waals surface area (Å²) in [6.45, 7) is 1.89. The minimum Gasteiger partial charge on any atom is -0.370 e. The quantitative estimate of drug-likeness (QED) is 0.804. The number of nitrogens with zero attached hydrogens (tertiary/aromatic N) is 4. The number of aryl methyl sites for hydroxylation is 1. The SMILES string of the molecule is CNC1CCCN(c2ccc3c(c2)n(C)c(=O)n3N2C(=O)CCCC2=O)C1. The third-order valence-electron chi connectivity index (χ3n) is 5.67. The van der Waals surface area contributed by atoms with Crippen LogP contribution < -0.4 is 20.9 Å². The van der Waals surface area contributed by atoms with E-state index in [9.17, 15) is 14.4 Å². The fraction of sp³-hybridized carbons (Fsp3) is 0.526. The highest BCUT2D eigenvalue weighted by atomic mass is 16.2. The van der Waals surface area contributed by atoms with Crippen LogP contribution in [0.25, 0.3) is 11.0 Å². The van der Waals surface area contributed by atoms with E-state index in [2.05, 4.69) is 10.2 Å². The van der Waals surface area contributed by atoms with Gasteiger partial charge in [-0.15, -0.1) is 0 Å². The van der Waals surface area contributed by atoms with Gasteiger partial charge in [-0.25, -0.2) is 4.79 Å². The number of likely N-dealkylation sites (N-methyl/N-ethyl adjacent to an activating group) is 1.